The molecule has 1 aliphatic rings. The van der Waals surface area contributed by atoms with Gasteiger partial charge in [-0.15, -0.1) is 0 Å². The summed E-state index contributed by atoms with van der Waals surface area (Å²) in [5.74, 6) is -3.85. The molecule has 2 amide bonds. The molecule has 11 heteroatoms. The van der Waals surface area contributed by atoms with Crippen LogP contribution in [0.5, 0.6) is 0 Å². The van der Waals surface area contributed by atoms with Crippen LogP contribution in [-0.4, -0.2) is 59.6 Å². The molecule has 8 nitrogen and oxygen atoms in total. The second kappa shape index (κ2) is 8.68. The van der Waals surface area contributed by atoms with E-state index in [1.165, 1.54) is 17.0 Å². The third-order valence-corrected chi connectivity index (χ3v) is 6.03. The van der Waals surface area contributed by atoms with E-state index in [-0.39, 0.29) is 33.8 Å². The van der Waals surface area contributed by atoms with Gasteiger partial charge in [0.25, 0.3) is 11.8 Å². The van der Waals surface area contributed by atoms with Gasteiger partial charge in [0.15, 0.2) is 5.13 Å². The maximum absolute atomic E-state index is 14.0. The van der Waals surface area contributed by atoms with Crippen LogP contribution in [0.15, 0.2) is 36.4 Å². The Labute approximate surface area is 191 Å². The molecule has 0 fully saturated rings. The molecule has 0 bridgehead atoms. The average Bonchev–Trinajstić information content (AvgIpc) is 3.23. The minimum absolute atomic E-state index is 0.122. The SMILES string of the molecule is CN(C)CCN1C(=O)c2ccc(Nc3nc(N)c(C(=O)c4c(F)cccc4F)s3)cc2C1=O. The van der Waals surface area contributed by atoms with Crippen LogP contribution in [0.4, 0.5) is 25.4 Å². The maximum atomic E-state index is 14.0. The first kappa shape index (κ1) is 22.5. The number of carbonyl (C=O) groups is 3. The summed E-state index contributed by atoms with van der Waals surface area (Å²) >= 11 is 0.823. The van der Waals surface area contributed by atoms with E-state index in [0.717, 1.165) is 29.5 Å². The number of aromatic nitrogens is 1. The van der Waals surface area contributed by atoms with Crippen molar-refractivity contribution >= 4 is 45.6 Å². The first-order valence-electron chi connectivity index (χ1n) is 9.84. The quantitative estimate of drug-likeness (QED) is 0.403. The Morgan fingerprint density at radius 1 is 1.12 bits per heavy atom. The molecule has 0 radical (unpaired) electrons. The van der Waals surface area contributed by atoms with Gasteiger partial charge >= 0.3 is 0 Å². The van der Waals surface area contributed by atoms with Crippen molar-refractivity contribution in [1.82, 2.24) is 14.8 Å². The largest absolute Gasteiger partial charge is 0.382 e. The maximum Gasteiger partial charge on any atom is 0.261 e. The standard InChI is InChI=1S/C22H19F2N5O3S/c1-28(2)8-9-29-20(31)12-7-6-11(10-13(12)21(29)32)26-22-27-19(25)18(33-22)17(30)16-14(23)4-3-5-15(16)24/h3-7,10H,8-9,25H2,1-2H3,(H,26,27). The van der Waals surface area contributed by atoms with Crippen LogP contribution in [-0.2, 0) is 0 Å². The van der Waals surface area contributed by atoms with Crippen molar-refractivity contribution in [3.05, 3.63) is 69.6 Å². The number of carbonyl (C=O) groups excluding carboxylic acids is 3. The fraction of sp³-hybridized carbons (Fsp3) is 0.182. The number of hydrogen-bond acceptors (Lipinski definition) is 8. The second-order valence-corrected chi connectivity index (χ2v) is 8.61. The number of fused-ring (bicyclic) bond motifs is 1. The van der Waals surface area contributed by atoms with Crippen LogP contribution < -0.4 is 11.1 Å². The lowest BCUT2D eigenvalue weighted by atomic mass is 10.1. The number of nitrogens with two attached hydrogens (primary N) is 1. The van der Waals surface area contributed by atoms with Crippen molar-refractivity contribution in [2.75, 3.05) is 38.2 Å². The highest BCUT2D eigenvalue weighted by atomic mass is 32.1. The molecule has 0 saturated heterocycles. The zero-order valence-corrected chi connectivity index (χ0v) is 18.5. The van der Waals surface area contributed by atoms with Crippen molar-refractivity contribution in [2.45, 2.75) is 0 Å². The van der Waals surface area contributed by atoms with Crippen LogP contribution in [0.25, 0.3) is 0 Å². The molecule has 2 aromatic carbocycles. The van der Waals surface area contributed by atoms with E-state index in [9.17, 15) is 23.2 Å². The highest BCUT2D eigenvalue weighted by Gasteiger charge is 2.35. The number of nitrogens with one attached hydrogen (secondary N) is 1. The Bertz CT molecular complexity index is 1270. The van der Waals surface area contributed by atoms with Gasteiger partial charge in [-0.3, -0.25) is 19.3 Å². The fourth-order valence-corrected chi connectivity index (χ4v) is 4.22. The predicted molar refractivity (Wildman–Crippen MR) is 120 cm³/mol. The number of anilines is 3. The number of nitrogens with zero attached hydrogens (tertiary/aromatic N) is 3. The van der Waals surface area contributed by atoms with Gasteiger partial charge in [0.05, 0.1) is 16.7 Å². The fourth-order valence-electron chi connectivity index (χ4n) is 3.37. The van der Waals surface area contributed by atoms with Crippen molar-refractivity contribution < 1.29 is 23.2 Å². The molecule has 3 aromatic rings. The minimum atomic E-state index is -0.997. The zero-order valence-electron chi connectivity index (χ0n) is 17.7. The normalized spacial score (nSPS) is 13.1. The summed E-state index contributed by atoms with van der Waals surface area (Å²) in [6.45, 7) is 0.803. The summed E-state index contributed by atoms with van der Waals surface area (Å²) in [6.07, 6.45) is 0. The Balaban J connectivity index is 1.57. The Kier molecular flexibility index (Phi) is 5.91. The van der Waals surface area contributed by atoms with E-state index in [1.54, 1.807) is 6.07 Å². The van der Waals surface area contributed by atoms with Gasteiger partial charge in [-0.05, 0) is 44.4 Å². The monoisotopic (exact) mass is 471 g/mol. The first-order valence-corrected chi connectivity index (χ1v) is 10.7. The molecule has 0 saturated carbocycles. The Morgan fingerprint density at radius 3 is 2.45 bits per heavy atom. The van der Waals surface area contributed by atoms with Crippen LogP contribution >= 0.6 is 11.3 Å². The number of ketones is 1. The second-order valence-electron chi connectivity index (χ2n) is 7.61. The molecule has 33 heavy (non-hydrogen) atoms. The summed E-state index contributed by atoms with van der Waals surface area (Å²) < 4.78 is 28.0. The molecular weight excluding hydrogens is 452 g/mol. The number of rotatable bonds is 7. The summed E-state index contributed by atoms with van der Waals surface area (Å²) in [5.41, 5.74) is 6.10. The number of benzene rings is 2. The number of imide groups is 1. The topological polar surface area (TPSA) is 109 Å². The molecule has 170 valence electrons. The number of halogens is 2. The minimum Gasteiger partial charge on any atom is -0.382 e. The lowest BCUT2D eigenvalue weighted by Crippen LogP contribution is -2.35. The Hall–Kier alpha value is -3.70. The van der Waals surface area contributed by atoms with Gasteiger partial charge in [0.2, 0.25) is 5.78 Å². The van der Waals surface area contributed by atoms with Crippen molar-refractivity contribution in [1.29, 1.82) is 0 Å². The number of hydrogen-bond donors (Lipinski definition) is 2. The summed E-state index contributed by atoms with van der Waals surface area (Å²) in [4.78, 5) is 44.9. The summed E-state index contributed by atoms with van der Waals surface area (Å²) in [7, 11) is 3.69. The van der Waals surface area contributed by atoms with Crippen LogP contribution in [0, 0.1) is 11.6 Å². The lowest BCUT2D eigenvalue weighted by molar-refractivity contribution is 0.0644. The van der Waals surface area contributed by atoms with Gasteiger partial charge in [-0.1, -0.05) is 17.4 Å². The average molecular weight is 471 g/mol. The molecule has 4 rings (SSSR count). The van der Waals surface area contributed by atoms with Gasteiger partial charge in [0, 0.05) is 18.8 Å². The Morgan fingerprint density at radius 2 is 1.79 bits per heavy atom. The molecule has 0 spiro atoms. The zero-order chi connectivity index (χ0) is 23.9. The van der Waals surface area contributed by atoms with Crippen LogP contribution in [0.1, 0.15) is 36.0 Å². The van der Waals surface area contributed by atoms with Gasteiger partial charge in [-0.2, -0.15) is 0 Å². The molecule has 0 unspecified atom stereocenters. The van der Waals surface area contributed by atoms with E-state index < -0.39 is 28.9 Å². The van der Waals surface area contributed by atoms with E-state index in [0.29, 0.717) is 17.8 Å². The molecular formula is C22H19F2N5O3S. The predicted octanol–water partition coefficient (Wildman–Crippen LogP) is 3.14. The molecule has 2 heterocycles. The van der Waals surface area contributed by atoms with E-state index in [4.69, 9.17) is 5.73 Å². The highest BCUT2D eigenvalue weighted by molar-refractivity contribution is 7.18. The van der Waals surface area contributed by atoms with Gasteiger partial charge < -0.3 is 16.0 Å². The summed E-state index contributed by atoms with van der Waals surface area (Å²) in [6, 6.07) is 7.77. The first-order chi connectivity index (χ1) is 15.7. The number of thiazole rings is 1. The van der Waals surface area contributed by atoms with Crippen molar-refractivity contribution in [3.8, 4) is 0 Å². The third-order valence-electron chi connectivity index (χ3n) is 5.04. The number of nitrogen functional groups attached to an aromatic ring is 1. The van der Waals surface area contributed by atoms with Crippen molar-refractivity contribution in [2.24, 2.45) is 0 Å². The number of likely N-dealkylation sites (N-methyl/N-ethyl adjacent to an activating group) is 1. The molecule has 1 aromatic heterocycles. The smallest absolute Gasteiger partial charge is 0.261 e. The van der Waals surface area contributed by atoms with E-state index in [2.05, 4.69) is 10.3 Å². The molecule has 1 aliphatic heterocycles. The van der Waals surface area contributed by atoms with E-state index >= 15 is 0 Å². The van der Waals surface area contributed by atoms with Crippen molar-refractivity contribution in [3.63, 3.8) is 0 Å². The number of amides is 2. The van der Waals surface area contributed by atoms with Crippen LogP contribution in [0.3, 0.4) is 0 Å². The lowest BCUT2D eigenvalue weighted by Gasteiger charge is -2.16. The van der Waals surface area contributed by atoms with E-state index in [1.807, 2.05) is 19.0 Å². The molecule has 0 atom stereocenters. The van der Waals surface area contributed by atoms with Gasteiger partial charge in [0.1, 0.15) is 22.3 Å². The van der Waals surface area contributed by atoms with Crippen LogP contribution in [0.2, 0.25) is 0 Å². The molecule has 0 aliphatic carbocycles. The molecule has 3 N–H and O–H groups in total. The highest BCUT2D eigenvalue weighted by Crippen LogP contribution is 2.32. The van der Waals surface area contributed by atoms with Gasteiger partial charge in [-0.25, -0.2) is 13.8 Å². The third kappa shape index (κ3) is 4.20. The summed E-state index contributed by atoms with van der Waals surface area (Å²) in [5, 5.41) is 3.12.